The third-order valence-electron chi connectivity index (χ3n) is 4.53. The van der Waals surface area contributed by atoms with Crippen LogP contribution in [0, 0.1) is 5.92 Å². The molecule has 0 bridgehead atoms. The number of rotatable bonds is 6. The number of aliphatic carboxylic acids is 2. The van der Waals surface area contributed by atoms with Crippen LogP contribution in [-0.4, -0.2) is 66.2 Å². The number of carbonyl (C=O) groups is 2. The number of hydrogen-bond donors (Lipinski definition) is 3. The van der Waals surface area contributed by atoms with Crippen molar-refractivity contribution in [2.75, 3.05) is 5.73 Å². The number of imidazole rings is 1. The molecule has 3 unspecified atom stereocenters. The van der Waals surface area contributed by atoms with Gasteiger partial charge in [0, 0.05) is 0 Å². The number of nitrogens with zero attached hydrogens (tertiary/aromatic N) is 4. The van der Waals surface area contributed by atoms with Crippen molar-refractivity contribution in [3.05, 3.63) is 11.6 Å². The van der Waals surface area contributed by atoms with Gasteiger partial charge in [-0.1, -0.05) is 0 Å². The normalized spacial score (nSPS) is 30.2. The second kappa shape index (κ2) is 6.25. The van der Waals surface area contributed by atoms with Gasteiger partial charge >= 0.3 is 11.9 Å². The highest BCUT2D eigenvalue weighted by Gasteiger charge is 2.67. The van der Waals surface area contributed by atoms with Crippen LogP contribution in [0.3, 0.4) is 0 Å². The van der Waals surface area contributed by atoms with Gasteiger partial charge in [-0.3, -0.25) is 9.36 Å². The lowest BCUT2D eigenvalue weighted by Gasteiger charge is -2.21. The van der Waals surface area contributed by atoms with Gasteiger partial charge in [0.05, 0.1) is 30.9 Å². The summed E-state index contributed by atoms with van der Waals surface area (Å²) in [5.41, 5.74) is 6.16. The number of nitrogens with two attached hydrogens (primary N) is 1. The summed E-state index contributed by atoms with van der Waals surface area (Å²) >= 11 is 5.78. The van der Waals surface area contributed by atoms with Gasteiger partial charge in [0.25, 0.3) is 0 Å². The van der Waals surface area contributed by atoms with E-state index in [1.165, 1.54) is 10.9 Å². The molecule has 0 amide bonds. The molecule has 2 fully saturated rings. The van der Waals surface area contributed by atoms with Crippen LogP contribution in [0.1, 0.15) is 12.6 Å². The third-order valence-corrected chi connectivity index (χ3v) is 4.70. The Bertz CT molecular complexity index is 940. The molecule has 1 aliphatic heterocycles. The SMILES string of the molecule is Nc1nc(Cl)nc2c1ncn2[C@@H]1O[C@@H]2C(OC(CC(=O)O)C(=O)O)C2[C@@H]1F. The summed E-state index contributed by atoms with van der Waals surface area (Å²) in [7, 11) is 0. The van der Waals surface area contributed by atoms with E-state index in [1.54, 1.807) is 0 Å². The number of anilines is 1. The number of alkyl halides is 1. The average Bonchev–Trinajstić information content (AvgIpc) is 2.89. The summed E-state index contributed by atoms with van der Waals surface area (Å²) in [4.78, 5) is 33.6. The molecule has 1 saturated carbocycles. The zero-order valence-corrected chi connectivity index (χ0v) is 14.2. The summed E-state index contributed by atoms with van der Waals surface area (Å²) in [6.07, 6.45) is -5.17. The fourth-order valence-corrected chi connectivity index (χ4v) is 3.43. The molecule has 27 heavy (non-hydrogen) atoms. The zero-order valence-electron chi connectivity index (χ0n) is 13.4. The molecule has 1 aliphatic carbocycles. The van der Waals surface area contributed by atoms with E-state index in [1.807, 2.05) is 0 Å². The first-order valence-electron chi connectivity index (χ1n) is 7.83. The van der Waals surface area contributed by atoms with Crippen LogP contribution in [-0.2, 0) is 19.1 Å². The second-order valence-corrected chi connectivity index (χ2v) is 6.58. The van der Waals surface area contributed by atoms with Crippen molar-refractivity contribution in [2.45, 2.75) is 37.1 Å². The van der Waals surface area contributed by atoms with Crippen LogP contribution in [0.2, 0.25) is 5.28 Å². The van der Waals surface area contributed by atoms with E-state index in [9.17, 15) is 14.0 Å². The lowest BCUT2D eigenvalue weighted by Crippen LogP contribution is -2.31. The quantitative estimate of drug-likeness (QED) is 0.571. The summed E-state index contributed by atoms with van der Waals surface area (Å²) in [5.74, 6) is -3.45. The molecule has 4 rings (SSSR count). The molecular formula is C14H13ClFN5O6. The highest BCUT2D eigenvalue weighted by Crippen LogP contribution is 2.54. The van der Waals surface area contributed by atoms with E-state index >= 15 is 0 Å². The van der Waals surface area contributed by atoms with Crippen molar-refractivity contribution >= 4 is 40.5 Å². The van der Waals surface area contributed by atoms with Gasteiger partial charge in [0.2, 0.25) is 5.28 Å². The van der Waals surface area contributed by atoms with E-state index in [0.29, 0.717) is 0 Å². The van der Waals surface area contributed by atoms with E-state index < -0.39 is 55.0 Å². The minimum atomic E-state index is -1.58. The van der Waals surface area contributed by atoms with Crippen LogP contribution < -0.4 is 5.73 Å². The molecule has 144 valence electrons. The topological polar surface area (TPSA) is 163 Å². The summed E-state index contributed by atoms with van der Waals surface area (Å²) < 4.78 is 27.0. The van der Waals surface area contributed by atoms with Crippen molar-refractivity contribution in [2.24, 2.45) is 5.92 Å². The predicted molar refractivity (Wildman–Crippen MR) is 85.6 cm³/mol. The number of nitrogen functional groups attached to an aromatic ring is 1. The van der Waals surface area contributed by atoms with E-state index in [0.717, 1.165) is 0 Å². The lowest BCUT2D eigenvalue weighted by atomic mass is 10.2. The fraction of sp³-hybridized carbons (Fsp3) is 0.500. The predicted octanol–water partition coefficient (Wildman–Crippen LogP) is 0.240. The minimum Gasteiger partial charge on any atom is -0.481 e. The molecule has 1 saturated heterocycles. The van der Waals surface area contributed by atoms with Gasteiger partial charge in [-0.15, -0.1) is 0 Å². The van der Waals surface area contributed by atoms with Gasteiger partial charge in [-0.2, -0.15) is 9.97 Å². The van der Waals surface area contributed by atoms with Crippen molar-refractivity contribution in [1.29, 1.82) is 0 Å². The highest BCUT2D eigenvalue weighted by molar-refractivity contribution is 6.28. The van der Waals surface area contributed by atoms with Crippen LogP contribution in [0.4, 0.5) is 10.2 Å². The van der Waals surface area contributed by atoms with Gasteiger partial charge in [0.1, 0.15) is 5.52 Å². The monoisotopic (exact) mass is 401 g/mol. The van der Waals surface area contributed by atoms with Gasteiger partial charge < -0.3 is 25.4 Å². The molecule has 2 aromatic rings. The van der Waals surface area contributed by atoms with Gasteiger partial charge in [-0.25, -0.2) is 14.2 Å². The largest absolute Gasteiger partial charge is 0.481 e. The Hall–Kier alpha value is -2.57. The second-order valence-electron chi connectivity index (χ2n) is 6.24. The first-order valence-corrected chi connectivity index (χ1v) is 8.21. The first-order chi connectivity index (χ1) is 12.8. The molecule has 2 aromatic heterocycles. The molecule has 6 atom stereocenters. The standard InChI is InChI=1S/C14H13ClFN5O6/c15-14-19-10(17)7-11(20-14)21(2-18-7)12-6(16)5-8(9(5)27-12)26-3(13(24)25)1-4(22)23/h2-3,5-6,8-9,12H,1H2,(H,22,23)(H,24,25)(H2,17,19,20)/t3?,5?,6-,8?,9-,12+/m0/s1. The van der Waals surface area contributed by atoms with E-state index in [-0.39, 0.29) is 22.3 Å². The molecule has 0 spiro atoms. The number of carboxylic acids is 2. The Morgan fingerprint density at radius 3 is 2.78 bits per heavy atom. The highest BCUT2D eigenvalue weighted by atomic mass is 35.5. The summed E-state index contributed by atoms with van der Waals surface area (Å²) in [6, 6.07) is 0. The molecule has 4 N–H and O–H groups in total. The molecular weight excluding hydrogens is 389 g/mol. The van der Waals surface area contributed by atoms with Crippen LogP contribution in [0.25, 0.3) is 11.2 Å². The number of carboxylic acid groups (broad SMARTS) is 2. The zero-order chi connectivity index (χ0) is 19.5. The van der Waals surface area contributed by atoms with E-state index in [4.69, 9.17) is 37.0 Å². The van der Waals surface area contributed by atoms with Gasteiger partial charge in [-0.05, 0) is 11.6 Å². The van der Waals surface area contributed by atoms with Gasteiger partial charge in [0.15, 0.2) is 30.0 Å². The van der Waals surface area contributed by atoms with Crippen LogP contribution in [0.15, 0.2) is 6.33 Å². The van der Waals surface area contributed by atoms with E-state index in [2.05, 4.69) is 15.0 Å². The van der Waals surface area contributed by atoms with Crippen molar-refractivity contribution in [1.82, 2.24) is 19.5 Å². The third kappa shape index (κ3) is 2.95. The lowest BCUT2D eigenvalue weighted by molar-refractivity contribution is -0.161. The maximum Gasteiger partial charge on any atom is 0.333 e. The number of ether oxygens (including phenoxy) is 2. The number of fused-ring (bicyclic) bond motifs is 2. The Morgan fingerprint density at radius 2 is 2.19 bits per heavy atom. The molecule has 3 heterocycles. The molecule has 0 radical (unpaired) electrons. The Labute approximate surface area is 154 Å². The van der Waals surface area contributed by atoms with Crippen molar-refractivity contribution in [3.63, 3.8) is 0 Å². The number of hydrogen-bond acceptors (Lipinski definition) is 8. The smallest absolute Gasteiger partial charge is 0.333 e. The summed E-state index contributed by atoms with van der Waals surface area (Å²) in [6.45, 7) is 0. The maximum atomic E-state index is 14.9. The Balaban J connectivity index is 1.50. The molecule has 11 nitrogen and oxygen atoms in total. The number of aromatic nitrogens is 4. The van der Waals surface area contributed by atoms with Crippen molar-refractivity contribution < 1.29 is 33.7 Å². The molecule has 13 heteroatoms. The van der Waals surface area contributed by atoms with Crippen LogP contribution in [0.5, 0.6) is 0 Å². The average molecular weight is 402 g/mol. The van der Waals surface area contributed by atoms with Crippen LogP contribution >= 0.6 is 11.6 Å². The molecule has 2 aliphatic rings. The Kier molecular flexibility index (Phi) is 4.13. The Morgan fingerprint density at radius 1 is 1.44 bits per heavy atom. The number of halogens is 2. The first kappa shape index (κ1) is 17.8. The van der Waals surface area contributed by atoms with Crippen molar-refractivity contribution in [3.8, 4) is 0 Å². The minimum absolute atomic E-state index is 0.0431. The maximum absolute atomic E-state index is 14.9. The molecule has 0 aromatic carbocycles. The summed E-state index contributed by atoms with van der Waals surface area (Å²) in [5, 5.41) is 17.6. The fourth-order valence-electron chi connectivity index (χ4n) is 3.26.